The van der Waals surface area contributed by atoms with Crippen molar-refractivity contribution in [1.82, 2.24) is 5.32 Å². The lowest BCUT2D eigenvalue weighted by molar-refractivity contribution is -0.117. The summed E-state index contributed by atoms with van der Waals surface area (Å²) in [5, 5.41) is 6.18. The fourth-order valence-corrected chi connectivity index (χ4v) is 3.60. The third-order valence-electron chi connectivity index (χ3n) is 4.80. The Labute approximate surface area is 130 Å². The fraction of sp³-hybridized carbons (Fsp3) is 0.588. The summed E-state index contributed by atoms with van der Waals surface area (Å²) in [5.74, 6) is 1.11. The number of rotatable bonds is 2. The van der Waals surface area contributed by atoms with Gasteiger partial charge in [-0.2, -0.15) is 0 Å². The van der Waals surface area contributed by atoms with E-state index in [1.54, 1.807) is 0 Å². The maximum Gasteiger partial charge on any atom is 0.251 e. The molecule has 22 heavy (non-hydrogen) atoms. The van der Waals surface area contributed by atoms with Gasteiger partial charge < -0.3 is 20.1 Å². The topological polar surface area (TPSA) is 59.6 Å². The lowest BCUT2D eigenvalue weighted by Crippen LogP contribution is -2.40. The Morgan fingerprint density at radius 2 is 1.95 bits per heavy atom. The Bertz CT molecular complexity index is 575. The van der Waals surface area contributed by atoms with E-state index in [1.165, 1.54) is 6.42 Å². The number of ether oxygens (including phenoxy) is 2. The number of carbonyl (C=O) groups is 1. The zero-order valence-corrected chi connectivity index (χ0v) is 12.7. The summed E-state index contributed by atoms with van der Waals surface area (Å²) >= 11 is 0. The van der Waals surface area contributed by atoms with Crippen LogP contribution in [0.25, 0.3) is 0 Å². The third kappa shape index (κ3) is 2.54. The van der Waals surface area contributed by atoms with Gasteiger partial charge in [0.1, 0.15) is 0 Å². The van der Waals surface area contributed by atoms with E-state index in [-0.39, 0.29) is 11.9 Å². The van der Waals surface area contributed by atoms with Gasteiger partial charge in [-0.1, -0.05) is 6.42 Å². The number of hydrogen-bond acceptors (Lipinski definition) is 4. The van der Waals surface area contributed by atoms with Crippen LogP contribution < -0.4 is 20.1 Å². The van der Waals surface area contributed by atoms with E-state index in [4.69, 9.17) is 9.47 Å². The van der Waals surface area contributed by atoms with E-state index in [2.05, 4.69) is 10.6 Å². The molecule has 3 aliphatic rings. The molecule has 1 aliphatic carbocycles. The average Bonchev–Trinajstić information content (AvgIpc) is 3.15. The largest absolute Gasteiger partial charge is 0.448 e. The van der Waals surface area contributed by atoms with Crippen molar-refractivity contribution in [3.05, 3.63) is 18.2 Å². The second-order valence-corrected chi connectivity index (χ2v) is 6.48. The maximum absolute atomic E-state index is 12.2. The van der Waals surface area contributed by atoms with E-state index >= 15 is 0 Å². The van der Waals surface area contributed by atoms with Crippen LogP contribution in [-0.4, -0.2) is 24.3 Å². The molecule has 1 amide bonds. The van der Waals surface area contributed by atoms with Gasteiger partial charge in [0.15, 0.2) is 11.5 Å². The smallest absolute Gasteiger partial charge is 0.251 e. The van der Waals surface area contributed by atoms with Crippen LogP contribution >= 0.6 is 0 Å². The normalized spacial score (nSPS) is 25.4. The van der Waals surface area contributed by atoms with E-state index in [1.807, 2.05) is 18.2 Å². The van der Waals surface area contributed by atoms with Crippen LogP contribution in [0.3, 0.4) is 0 Å². The number of amides is 1. The predicted molar refractivity (Wildman–Crippen MR) is 83.2 cm³/mol. The molecule has 0 bridgehead atoms. The lowest BCUT2D eigenvalue weighted by atomic mass is 9.94. The molecule has 2 fully saturated rings. The zero-order chi connectivity index (χ0) is 15.0. The summed E-state index contributed by atoms with van der Waals surface area (Å²) in [6.45, 7) is 0.918. The first-order valence-corrected chi connectivity index (χ1v) is 8.30. The summed E-state index contributed by atoms with van der Waals surface area (Å²) in [6, 6.07) is 5.59. The standard InChI is InChI=1S/C17H22N2O3/c20-16(13-5-4-10-18-13)19-12-6-7-14-15(11-12)22-17(21-14)8-2-1-3-9-17/h6-7,11,13,18H,1-5,8-10H2,(H,19,20). The highest BCUT2D eigenvalue weighted by atomic mass is 16.7. The molecule has 5 heteroatoms. The van der Waals surface area contributed by atoms with Crippen LogP contribution in [0.1, 0.15) is 44.9 Å². The minimum absolute atomic E-state index is 0.0312. The van der Waals surface area contributed by atoms with Crippen LogP contribution in [0, 0.1) is 0 Å². The highest BCUT2D eigenvalue weighted by Crippen LogP contribution is 2.46. The zero-order valence-electron chi connectivity index (χ0n) is 12.7. The van der Waals surface area contributed by atoms with Gasteiger partial charge in [-0.25, -0.2) is 0 Å². The van der Waals surface area contributed by atoms with Crippen molar-refractivity contribution >= 4 is 11.6 Å². The Balaban J connectivity index is 1.47. The predicted octanol–water partition coefficient (Wildman–Crippen LogP) is 2.81. The van der Waals surface area contributed by atoms with Crippen LogP contribution in [0.2, 0.25) is 0 Å². The Kier molecular flexibility index (Phi) is 3.45. The Morgan fingerprint density at radius 1 is 1.14 bits per heavy atom. The first-order chi connectivity index (χ1) is 10.7. The molecule has 118 valence electrons. The quantitative estimate of drug-likeness (QED) is 0.882. The molecular formula is C17H22N2O3. The molecular weight excluding hydrogens is 280 g/mol. The summed E-state index contributed by atoms with van der Waals surface area (Å²) < 4.78 is 12.1. The van der Waals surface area contributed by atoms with Gasteiger partial charge in [-0.05, 0) is 44.4 Å². The lowest BCUT2D eigenvalue weighted by Gasteiger charge is -2.31. The Hall–Kier alpha value is -1.75. The molecule has 2 aliphatic heterocycles. The summed E-state index contributed by atoms with van der Waals surface area (Å²) in [6.07, 6.45) is 7.38. The molecule has 1 saturated carbocycles. The van der Waals surface area contributed by atoms with Gasteiger partial charge in [-0.3, -0.25) is 4.79 Å². The highest BCUT2D eigenvalue weighted by Gasteiger charge is 2.42. The molecule has 1 spiro atoms. The van der Waals surface area contributed by atoms with Gasteiger partial charge in [0.25, 0.3) is 5.79 Å². The number of anilines is 1. The number of carbonyl (C=O) groups excluding carboxylic acids is 1. The molecule has 1 atom stereocenters. The fourth-order valence-electron chi connectivity index (χ4n) is 3.60. The highest BCUT2D eigenvalue weighted by molar-refractivity contribution is 5.95. The van der Waals surface area contributed by atoms with Crippen LogP contribution in [0.5, 0.6) is 11.5 Å². The second-order valence-electron chi connectivity index (χ2n) is 6.48. The number of benzene rings is 1. The van der Waals surface area contributed by atoms with Crippen molar-refractivity contribution < 1.29 is 14.3 Å². The SMILES string of the molecule is O=C(Nc1ccc2c(c1)OC1(CCCCC1)O2)C1CCCN1. The molecule has 0 aromatic heterocycles. The van der Waals surface area contributed by atoms with Gasteiger partial charge in [0.2, 0.25) is 5.91 Å². The van der Waals surface area contributed by atoms with Crippen LogP contribution in [-0.2, 0) is 4.79 Å². The molecule has 1 aromatic rings. The molecule has 1 unspecified atom stereocenters. The van der Waals surface area contributed by atoms with E-state index in [0.29, 0.717) is 0 Å². The van der Waals surface area contributed by atoms with Crippen molar-refractivity contribution in [2.45, 2.75) is 56.8 Å². The van der Waals surface area contributed by atoms with Gasteiger partial charge >= 0.3 is 0 Å². The van der Waals surface area contributed by atoms with Crippen molar-refractivity contribution in [3.8, 4) is 11.5 Å². The van der Waals surface area contributed by atoms with E-state index < -0.39 is 5.79 Å². The minimum Gasteiger partial charge on any atom is -0.448 e. The van der Waals surface area contributed by atoms with Gasteiger partial charge in [-0.15, -0.1) is 0 Å². The van der Waals surface area contributed by atoms with Crippen molar-refractivity contribution in [3.63, 3.8) is 0 Å². The monoisotopic (exact) mass is 302 g/mol. The molecule has 1 aromatic carbocycles. The van der Waals surface area contributed by atoms with Crippen molar-refractivity contribution in [2.75, 3.05) is 11.9 Å². The summed E-state index contributed by atoms with van der Waals surface area (Å²) in [5.41, 5.74) is 0.772. The molecule has 5 nitrogen and oxygen atoms in total. The average molecular weight is 302 g/mol. The van der Waals surface area contributed by atoms with Crippen LogP contribution in [0.15, 0.2) is 18.2 Å². The van der Waals surface area contributed by atoms with E-state index in [0.717, 1.165) is 62.3 Å². The van der Waals surface area contributed by atoms with Gasteiger partial charge in [0.05, 0.1) is 6.04 Å². The van der Waals surface area contributed by atoms with Crippen LogP contribution in [0.4, 0.5) is 5.69 Å². The summed E-state index contributed by atoms with van der Waals surface area (Å²) in [4.78, 5) is 12.2. The van der Waals surface area contributed by atoms with Crippen molar-refractivity contribution in [2.24, 2.45) is 0 Å². The first kappa shape index (κ1) is 13.9. The number of hydrogen-bond donors (Lipinski definition) is 2. The van der Waals surface area contributed by atoms with E-state index in [9.17, 15) is 4.79 Å². The first-order valence-electron chi connectivity index (χ1n) is 8.30. The van der Waals surface area contributed by atoms with Gasteiger partial charge in [0, 0.05) is 24.6 Å². The molecule has 1 saturated heterocycles. The Morgan fingerprint density at radius 3 is 2.73 bits per heavy atom. The maximum atomic E-state index is 12.2. The molecule has 2 N–H and O–H groups in total. The minimum atomic E-state index is -0.462. The third-order valence-corrected chi connectivity index (χ3v) is 4.80. The molecule has 4 rings (SSSR count). The second kappa shape index (κ2) is 5.47. The summed E-state index contributed by atoms with van der Waals surface area (Å²) in [7, 11) is 0. The number of fused-ring (bicyclic) bond motifs is 1. The molecule has 2 heterocycles. The number of nitrogens with one attached hydrogen (secondary N) is 2. The van der Waals surface area contributed by atoms with Crippen molar-refractivity contribution in [1.29, 1.82) is 0 Å². The molecule has 0 radical (unpaired) electrons.